The molecule has 0 saturated carbocycles. The van der Waals surface area contributed by atoms with Gasteiger partial charge >= 0.3 is 0 Å². The van der Waals surface area contributed by atoms with E-state index < -0.39 is 0 Å². The highest BCUT2D eigenvalue weighted by molar-refractivity contribution is 5.84. The molecule has 2 heteroatoms. The summed E-state index contributed by atoms with van der Waals surface area (Å²) in [6, 6.07) is 10.1. The maximum Gasteiger partial charge on any atom is 0.229 e. The van der Waals surface area contributed by atoms with Gasteiger partial charge < -0.3 is 4.90 Å². The Kier molecular flexibility index (Phi) is 2.53. The molecular weight excluding hydrogens is 174 g/mol. The Morgan fingerprint density at radius 2 is 2.00 bits per heavy atom. The fourth-order valence-corrected chi connectivity index (χ4v) is 2.03. The fourth-order valence-electron chi connectivity index (χ4n) is 2.03. The van der Waals surface area contributed by atoms with Crippen LogP contribution >= 0.6 is 0 Å². The minimum Gasteiger partial charge on any atom is -0.345 e. The van der Waals surface area contributed by atoms with Crippen molar-refractivity contribution >= 4 is 5.91 Å². The minimum atomic E-state index is 0.0925. The average Bonchev–Trinajstić information content (AvgIpc) is 2.23. The van der Waals surface area contributed by atoms with E-state index >= 15 is 0 Å². The number of piperidine rings is 1. The Morgan fingerprint density at radius 1 is 1.29 bits per heavy atom. The quantitative estimate of drug-likeness (QED) is 0.662. The van der Waals surface area contributed by atoms with E-state index in [9.17, 15) is 4.79 Å². The summed E-state index contributed by atoms with van der Waals surface area (Å²) in [6.07, 6.45) is 2.11. The molecule has 0 spiro atoms. The Bertz CT molecular complexity index is 320. The number of likely N-dealkylation sites (tertiary alicyclic amines) is 1. The highest BCUT2D eigenvalue weighted by atomic mass is 16.2. The molecule has 1 aromatic rings. The molecule has 1 fully saturated rings. The van der Waals surface area contributed by atoms with Gasteiger partial charge in [-0.1, -0.05) is 30.3 Å². The lowest BCUT2D eigenvalue weighted by Crippen LogP contribution is -2.36. The number of hydrogen-bond donors (Lipinski definition) is 0. The summed E-state index contributed by atoms with van der Waals surface area (Å²) < 4.78 is 0. The van der Waals surface area contributed by atoms with Gasteiger partial charge in [0.25, 0.3) is 0 Å². The lowest BCUT2D eigenvalue weighted by atomic mass is 9.90. The first kappa shape index (κ1) is 9.25. The third-order valence-electron chi connectivity index (χ3n) is 2.86. The van der Waals surface area contributed by atoms with E-state index in [4.69, 9.17) is 0 Å². The van der Waals surface area contributed by atoms with Crippen molar-refractivity contribution in [1.82, 2.24) is 4.90 Å². The second-order valence-electron chi connectivity index (χ2n) is 3.87. The molecule has 1 amide bonds. The second kappa shape index (κ2) is 3.82. The van der Waals surface area contributed by atoms with Crippen molar-refractivity contribution in [2.75, 3.05) is 13.6 Å². The van der Waals surface area contributed by atoms with Crippen LogP contribution in [0.1, 0.15) is 24.3 Å². The monoisotopic (exact) mass is 189 g/mol. The van der Waals surface area contributed by atoms with Crippen molar-refractivity contribution in [3.63, 3.8) is 0 Å². The number of carbonyl (C=O) groups excluding carboxylic acids is 1. The number of likely N-dealkylation sites (N-methyl/N-ethyl adjacent to an activating group) is 1. The highest BCUT2D eigenvalue weighted by Gasteiger charge is 2.27. The lowest BCUT2D eigenvalue weighted by molar-refractivity contribution is -0.133. The molecule has 1 aliphatic rings. The van der Waals surface area contributed by atoms with E-state index in [1.807, 2.05) is 42.3 Å². The summed E-state index contributed by atoms with van der Waals surface area (Å²) in [4.78, 5) is 13.7. The van der Waals surface area contributed by atoms with Crippen LogP contribution in [0.4, 0.5) is 0 Å². The predicted octanol–water partition coefficient (Wildman–Crippen LogP) is 2.02. The average molecular weight is 189 g/mol. The van der Waals surface area contributed by atoms with Crippen molar-refractivity contribution in [3.05, 3.63) is 35.9 Å². The standard InChI is InChI=1S/C12H15NO/c1-13-9-5-8-11(12(13)14)10-6-3-2-4-7-10/h2-4,6-7,11H,5,8-9H2,1H3/t11-/m0/s1. The van der Waals surface area contributed by atoms with Crippen molar-refractivity contribution in [2.24, 2.45) is 0 Å². The van der Waals surface area contributed by atoms with Crippen molar-refractivity contribution in [1.29, 1.82) is 0 Å². The molecule has 14 heavy (non-hydrogen) atoms. The zero-order valence-electron chi connectivity index (χ0n) is 8.44. The Labute approximate surface area is 84.5 Å². The van der Waals surface area contributed by atoms with Gasteiger partial charge in [-0.2, -0.15) is 0 Å². The first-order valence-electron chi connectivity index (χ1n) is 5.09. The van der Waals surface area contributed by atoms with Crippen LogP contribution in [-0.2, 0) is 4.79 Å². The lowest BCUT2D eigenvalue weighted by Gasteiger charge is -2.29. The normalized spacial score (nSPS) is 22.5. The SMILES string of the molecule is CN1CCC[C@@H](c2ccccc2)C1=O. The molecule has 1 saturated heterocycles. The number of nitrogens with zero attached hydrogens (tertiary/aromatic N) is 1. The fraction of sp³-hybridized carbons (Fsp3) is 0.417. The van der Waals surface area contributed by atoms with E-state index in [0.29, 0.717) is 0 Å². The maximum atomic E-state index is 11.9. The molecule has 0 N–H and O–H groups in total. The molecule has 1 aromatic carbocycles. The van der Waals surface area contributed by atoms with Crippen LogP contribution < -0.4 is 0 Å². The summed E-state index contributed by atoms with van der Waals surface area (Å²) in [6.45, 7) is 0.905. The van der Waals surface area contributed by atoms with Gasteiger partial charge in [0.1, 0.15) is 0 Å². The number of amides is 1. The van der Waals surface area contributed by atoms with Crippen molar-refractivity contribution < 1.29 is 4.79 Å². The molecule has 2 nitrogen and oxygen atoms in total. The molecule has 0 aromatic heterocycles. The molecule has 0 bridgehead atoms. The van der Waals surface area contributed by atoms with E-state index in [0.717, 1.165) is 24.9 Å². The van der Waals surface area contributed by atoms with E-state index in [2.05, 4.69) is 0 Å². The van der Waals surface area contributed by atoms with Crippen LogP contribution in [0.5, 0.6) is 0 Å². The number of benzene rings is 1. The second-order valence-corrected chi connectivity index (χ2v) is 3.87. The molecule has 0 radical (unpaired) electrons. The van der Waals surface area contributed by atoms with Crippen molar-refractivity contribution in [3.8, 4) is 0 Å². The van der Waals surface area contributed by atoms with Gasteiger partial charge in [0.2, 0.25) is 5.91 Å². The van der Waals surface area contributed by atoms with E-state index in [-0.39, 0.29) is 11.8 Å². The van der Waals surface area contributed by atoms with Gasteiger partial charge in [0.15, 0.2) is 0 Å². The van der Waals surface area contributed by atoms with Crippen LogP contribution in [0.3, 0.4) is 0 Å². The van der Waals surface area contributed by atoms with Crippen LogP contribution in [0.15, 0.2) is 30.3 Å². The molecular formula is C12H15NO. The first-order valence-corrected chi connectivity index (χ1v) is 5.09. The van der Waals surface area contributed by atoms with Crippen LogP contribution in [0, 0.1) is 0 Å². The summed E-state index contributed by atoms with van der Waals surface area (Å²) in [5.41, 5.74) is 1.16. The van der Waals surface area contributed by atoms with Gasteiger partial charge in [-0.3, -0.25) is 4.79 Å². The Morgan fingerprint density at radius 3 is 2.71 bits per heavy atom. The summed E-state index contributed by atoms with van der Waals surface area (Å²) in [7, 11) is 1.89. The van der Waals surface area contributed by atoms with Gasteiger partial charge in [-0.05, 0) is 18.4 Å². The van der Waals surface area contributed by atoms with E-state index in [1.165, 1.54) is 0 Å². The topological polar surface area (TPSA) is 20.3 Å². The molecule has 74 valence electrons. The van der Waals surface area contributed by atoms with Crippen LogP contribution in [0.2, 0.25) is 0 Å². The highest BCUT2D eigenvalue weighted by Crippen LogP contribution is 2.26. The van der Waals surface area contributed by atoms with Crippen LogP contribution in [-0.4, -0.2) is 24.4 Å². The zero-order valence-corrected chi connectivity index (χ0v) is 8.44. The Balaban J connectivity index is 2.22. The smallest absolute Gasteiger partial charge is 0.229 e. The number of hydrogen-bond acceptors (Lipinski definition) is 1. The number of carbonyl (C=O) groups is 1. The molecule has 1 aliphatic heterocycles. The summed E-state index contributed by atoms with van der Waals surface area (Å²) in [5.74, 6) is 0.359. The molecule has 0 unspecified atom stereocenters. The van der Waals surface area contributed by atoms with Gasteiger partial charge in [0, 0.05) is 13.6 Å². The minimum absolute atomic E-state index is 0.0925. The number of rotatable bonds is 1. The third kappa shape index (κ3) is 1.65. The maximum absolute atomic E-state index is 11.9. The summed E-state index contributed by atoms with van der Waals surface area (Å²) >= 11 is 0. The van der Waals surface area contributed by atoms with Gasteiger partial charge in [0.05, 0.1) is 5.92 Å². The first-order chi connectivity index (χ1) is 6.79. The molecule has 0 aliphatic carbocycles. The van der Waals surface area contributed by atoms with Crippen LogP contribution in [0.25, 0.3) is 0 Å². The molecule has 1 atom stereocenters. The molecule has 1 heterocycles. The molecule has 2 rings (SSSR count). The summed E-state index contributed by atoms with van der Waals surface area (Å²) in [5, 5.41) is 0. The van der Waals surface area contributed by atoms with Crippen molar-refractivity contribution in [2.45, 2.75) is 18.8 Å². The van der Waals surface area contributed by atoms with Gasteiger partial charge in [-0.15, -0.1) is 0 Å². The predicted molar refractivity (Wildman–Crippen MR) is 56.1 cm³/mol. The zero-order chi connectivity index (χ0) is 9.97. The van der Waals surface area contributed by atoms with E-state index in [1.54, 1.807) is 0 Å². The largest absolute Gasteiger partial charge is 0.345 e. The Hall–Kier alpha value is -1.31. The van der Waals surface area contributed by atoms with Gasteiger partial charge in [-0.25, -0.2) is 0 Å². The third-order valence-corrected chi connectivity index (χ3v) is 2.86.